The molecule has 5 nitrogen and oxygen atoms in total. The zero-order valence-corrected chi connectivity index (χ0v) is 14.0. The predicted molar refractivity (Wildman–Crippen MR) is 91.9 cm³/mol. The SMILES string of the molecule is CC(C)(C)OC(=O)NCc1ccc(C(=O)O)cc1-c1ccccc1. The van der Waals surface area contributed by atoms with E-state index in [0.717, 1.165) is 16.7 Å². The van der Waals surface area contributed by atoms with Crippen LogP contribution in [0.2, 0.25) is 0 Å². The Bertz CT molecular complexity index is 733. The molecule has 0 fully saturated rings. The number of benzene rings is 2. The van der Waals surface area contributed by atoms with Crippen LogP contribution >= 0.6 is 0 Å². The Morgan fingerprint density at radius 3 is 2.33 bits per heavy atom. The smallest absolute Gasteiger partial charge is 0.407 e. The Kier molecular flexibility index (Phi) is 5.24. The van der Waals surface area contributed by atoms with Gasteiger partial charge in [-0.3, -0.25) is 0 Å². The van der Waals surface area contributed by atoms with E-state index in [1.54, 1.807) is 32.9 Å². The van der Waals surface area contributed by atoms with Crippen LogP contribution in [0.3, 0.4) is 0 Å². The highest BCUT2D eigenvalue weighted by Crippen LogP contribution is 2.25. The summed E-state index contributed by atoms with van der Waals surface area (Å²) in [6, 6.07) is 14.3. The molecule has 0 radical (unpaired) electrons. The molecule has 0 heterocycles. The van der Waals surface area contributed by atoms with Gasteiger partial charge in [0.2, 0.25) is 0 Å². The van der Waals surface area contributed by atoms with Gasteiger partial charge in [0.05, 0.1) is 5.56 Å². The first-order valence-electron chi connectivity index (χ1n) is 7.65. The zero-order chi connectivity index (χ0) is 17.7. The molecule has 0 aliphatic carbocycles. The van der Waals surface area contributed by atoms with Gasteiger partial charge in [-0.15, -0.1) is 0 Å². The van der Waals surface area contributed by atoms with Gasteiger partial charge < -0.3 is 15.2 Å². The van der Waals surface area contributed by atoms with Crippen LogP contribution in [0, 0.1) is 0 Å². The van der Waals surface area contributed by atoms with Gasteiger partial charge in [-0.05, 0) is 49.6 Å². The minimum Gasteiger partial charge on any atom is -0.478 e. The van der Waals surface area contributed by atoms with Crippen molar-refractivity contribution in [2.75, 3.05) is 0 Å². The molecule has 0 saturated carbocycles. The molecule has 2 rings (SSSR count). The van der Waals surface area contributed by atoms with Crippen LogP contribution in [0.4, 0.5) is 4.79 Å². The molecule has 2 N–H and O–H groups in total. The largest absolute Gasteiger partial charge is 0.478 e. The van der Waals surface area contributed by atoms with Crippen molar-refractivity contribution >= 4 is 12.1 Å². The summed E-state index contributed by atoms with van der Waals surface area (Å²) in [4.78, 5) is 23.1. The van der Waals surface area contributed by atoms with E-state index in [-0.39, 0.29) is 12.1 Å². The van der Waals surface area contributed by atoms with Crippen molar-refractivity contribution in [3.63, 3.8) is 0 Å². The number of carboxylic acid groups (broad SMARTS) is 1. The summed E-state index contributed by atoms with van der Waals surface area (Å²) < 4.78 is 5.22. The van der Waals surface area contributed by atoms with Crippen molar-refractivity contribution < 1.29 is 19.4 Å². The minimum absolute atomic E-state index is 0.204. The van der Waals surface area contributed by atoms with E-state index in [0.29, 0.717) is 0 Å². The normalized spacial score (nSPS) is 11.0. The third kappa shape index (κ3) is 4.84. The lowest BCUT2D eigenvalue weighted by Gasteiger charge is -2.20. The zero-order valence-electron chi connectivity index (χ0n) is 14.0. The summed E-state index contributed by atoms with van der Waals surface area (Å²) in [5.41, 5.74) is 2.11. The van der Waals surface area contributed by atoms with Crippen LogP contribution in [0.15, 0.2) is 48.5 Å². The van der Waals surface area contributed by atoms with Crippen molar-refractivity contribution in [1.82, 2.24) is 5.32 Å². The number of carboxylic acids is 1. The predicted octanol–water partition coefficient (Wildman–Crippen LogP) is 4.08. The molecular formula is C19H21NO4. The number of hydrogen-bond acceptors (Lipinski definition) is 3. The lowest BCUT2D eigenvalue weighted by Crippen LogP contribution is -2.32. The van der Waals surface area contributed by atoms with E-state index < -0.39 is 17.7 Å². The van der Waals surface area contributed by atoms with Crippen LogP contribution in [0.1, 0.15) is 36.7 Å². The summed E-state index contributed by atoms with van der Waals surface area (Å²) in [6.07, 6.45) is -0.510. The molecule has 0 spiro atoms. The lowest BCUT2D eigenvalue weighted by molar-refractivity contribution is 0.0523. The van der Waals surface area contributed by atoms with Crippen molar-refractivity contribution in [2.24, 2.45) is 0 Å². The van der Waals surface area contributed by atoms with E-state index in [4.69, 9.17) is 4.74 Å². The number of alkyl carbamates (subject to hydrolysis) is 1. The first-order valence-corrected chi connectivity index (χ1v) is 7.65. The number of rotatable bonds is 4. The first-order chi connectivity index (χ1) is 11.3. The fourth-order valence-electron chi connectivity index (χ4n) is 2.23. The maximum Gasteiger partial charge on any atom is 0.407 e. The van der Waals surface area contributed by atoms with E-state index in [9.17, 15) is 14.7 Å². The highest BCUT2D eigenvalue weighted by Gasteiger charge is 2.17. The van der Waals surface area contributed by atoms with Gasteiger partial charge in [-0.25, -0.2) is 9.59 Å². The highest BCUT2D eigenvalue weighted by molar-refractivity contribution is 5.90. The Morgan fingerprint density at radius 2 is 1.75 bits per heavy atom. The summed E-state index contributed by atoms with van der Waals surface area (Å²) in [7, 11) is 0. The topological polar surface area (TPSA) is 75.6 Å². The molecular weight excluding hydrogens is 306 g/mol. The Balaban J connectivity index is 2.26. The molecule has 24 heavy (non-hydrogen) atoms. The molecule has 2 aromatic rings. The second-order valence-corrected chi connectivity index (χ2v) is 6.40. The van der Waals surface area contributed by atoms with Gasteiger partial charge in [0.1, 0.15) is 5.60 Å². The maximum atomic E-state index is 11.8. The Morgan fingerprint density at radius 1 is 1.08 bits per heavy atom. The molecule has 0 aliphatic heterocycles. The molecule has 2 aromatic carbocycles. The van der Waals surface area contributed by atoms with Gasteiger partial charge in [0.25, 0.3) is 0 Å². The van der Waals surface area contributed by atoms with E-state index in [1.807, 2.05) is 30.3 Å². The van der Waals surface area contributed by atoms with Crippen molar-refractivity contribution in [1.29, 1.82) is 0 Å². The number of ether oxygens (including phenoxy) is 1. The molecule has 0 unspecified atom stereocenters. The van der Waals surface area contributed by atoms with E-state index >= 15 is 0 Å². The monoisotopic (exact) mass is 327 g/mol. The first kappa shape index (κ1) is 17.5. The maximum absolute atomic E-state index is 11.8. The molecule has 0 bridgehead atoms. The standard InChI is InChI=1S/C19H21NO4/c1-19(2,3)24-18(23)20-12-15-10-9-14(17(21)22)11-16(15)13-7-5-4-6-8-13/h4-11H,12H2,1-3H3,(H,20,23)(H,21,22). The average molecular weight is 327 g/mol. The molecule has 1 amide bonds. The Hall–Kier alpha value is -2.82. The summed E-state index contributed by atoms with van der Waals surface area (Å²) in [5, 5.41) is 11.9. The highest BCUT2D eigenvalue weighted by atomic mass is 16.6. The van der Waals surface area contributed by atoms with Gasteiger partial charge >= 0.3 is 12.1 Å². The molecule has 0 atom stereocenters. The lowest BCUT2D eigenvalue weighted by atomic mass is 9.97. The van der Waals surface area contributed by atoms with Crippen molar-refractivity contribution in [2.45, 2.75) is 32.9 Å². The van der Waals surface area contributed by atoms with E-state index in [2.05, 4.69) is 5.32 Å². The fourth-order valence-corrected chi connectivity index (χ4v) is 2.23. The molecule has 126 valence electrons. The molecule has 5 heteroatoms. The number of carbonyl (C=O) groups is 2. The minimum atomic E-state index is -0.987. The summed E-state index contributed by atoms with van der Waals surface area (Å²) in [5.74, 6) is -0.987. The molecule has 0 aliphatic rings. The van der Waals surface area contributed by atoms with Gasteiger partial charge in [0.15, 0.2) is 0 Å². The molecule has 0 aromatic heterocycles. The van der Waals surface area contributed by atoms with Crippen LogP contribution in [-0.2, 0) is 11.3 Å². The van der Waals surface area contributed by atoms with E-state index in [1.165, 1.54) is 6.07 Å². The fraction of sp³-hybridized carbons (Fsp3) is 0.263. The van der Waals surface area contributed by atoms with Crippen LogP contribution in [0.5, 0.6) is 0 Å². The number of aromatic carboxylic acids is 1. The van der Waals surface area contributed by atoms with Gasteiger partial charge in [-0.2, -0.15) is 0 Å². The quantitative estimate of drug-likeness (QED) is 0.887. The Labute approximate surface area is 141 Å². The summed E-state index contributed by atoms with van der Waals surface area (Å²) in [6.45, 7) is 5.63. The third-order valence-electron chi connectivity index (χ3n) is 3.26. The molecule has 0 saturated heterocycles. The van der Waals surface area contributed by atoms with Crippen LogP contribution < -0.4 is 5.32 Å². The number of carbonyl (C=O) groups excluding carboxylic acids is 1. The third-order valence-corrected chi connectivity index (χ3v) is 3.26. The second-order valence-electron chi connectivity index (χ2n) is 6.40. The van der Waals surface area contributed by atoms with Crippen molar-refractivity contribution in [3.05, 3.63) is 59.7 Å². The van der Waals surface area contributed by atoms with Crippen LogP contribution in [0.25, 0.3) is 11.1 Å². The van der Waals surface area contributed by atoms with Gasteiger partial charge in [0, 0.05) is 6.54 Å². The van der Waals surface area contributed by atoms with Crippen molar-refractivity contribution in [3.8, 4) is 11.1 Å². The number of hydrogen-bond donors (Lipinski definition) is 2. The summed E-state index contributed by atoms with van der Waals surface area (Å²) >= 11 is 0. The van der Waals surface area contributed by atoms with Gasteiger partial charge in [-0.1, -0.05) is 36.4 Å². The second kappa shape index (κ2) is 7.17. The number of amides is 1. The average Bonchev–Trinajstić information content (AvgIpc) is 2.52. The van der Waals surface area contributed by atoms with Crippen LogP contribution in [-0.4, -0.2) is 22.8 Å². The number of nitrogens with one attached hydrogen (secondary N) is 1.